The van der Waals surface area contributed by atoms with Gasteiger partial charge in [-0.2, -0.15) is 0 Å². The van der Waals surface area contributed by atoms with Crippen molar-refractivity contribution < 1.29 is 34.4 Å². The first-order valence-corrected chi connectivity index (χ1v) is 26.0. The predicted octanol–water partition coefficient (Wildman–Crippen LogP) is 19.8. The molecule has 0 aliphatic carbocycles. The van der Waals surface area contributed by atoms with Crippen molar-refractivity contribution in [2.75, 3.05) is 0 Å². The van der Waals surface area contributed by atoms with Crippen molar-refractivity contribution in [3.05, 3.63) is 210 Å². The predicted molar refractivity (Wildman–Crippen MR) is 315 cm³/mol. The monoisotopic (exact) mass is 1170 g/mol. The number of fused-ring (bicyclic) bond motifs is 10. The molecule has 9 aromatic carbocycles. The van der Waals surface area contributed by atoms with E-state index in [0.29, 0.717) is 0 Å². The zero-order valence-electron chi connectivity index (χ0n) is 48.3. The van der Waals surface area contributed by atoms with Crippen LogP contribution in [0, 0.1) is 19.0 Å². The number of rotatable bonds is 7. The van der Waals surface area contributed by atoms with Gasteiger partial charge in [0.25, 0.3) is 0 Å². The van der Waals surface area contributed by atoms with Gasteiger partial charge in [0.2, 0.25) is 0 Å². The molecule has 1 radical (unpaired) electrons. The summed E-state index contributed by atoms with van der Waals surface area (Å²) in [6.07, 6.45) is 1.76. The second-order valence-corrected chi connectivity index (χ2v) is 21.8. The molecule has 4 aromatic heterocycles. The minimum Gasteiger partial charge on any atom is -0.501 e. The van der Waals surface area contributed by atoms with Crippen molar-refractivity contribution in [2.24, 2.45) is 0 Å². The van der Waals surface area contributed by atoms with Crippen LogP contribution < -0.4 is 0 Å². The second kappa shape index (κ2) is 19.8. The number of pyridine rings is 1. The van der Waals surface area contributed by atoms with Crippen LogP contribution >= 0.6 is 0 Å². The molecule has 0 aliphatic heterocycles. The fourth-order valence-corrected chi connectivity index (χ4v) is 10.9. The summed E-state index contributed by atoms with van der Waals surface area (Å²) in [5.74, 6) is 1.35. The molecule has 0 aliphatic rings. The SMILES string of the molecule is CC(C)c1cc(-c2cc3ccccc3o2)cc(C(C)C)c1-n1c(-c2[c-]ccc3c2oc2cc4c(ccc5ccccc54)cc23)nc2ccc3ccccc3c21.[2H]C([2H])([2H])c1c[c-]c(-c2cc(C(C)(C)C)c(C([2H])(C)C)cn2)cc1.[Ir]. The smallest absolute Gasteiger partial charge is 0.135 e. The van der Waals surface area contributed by atoms with E-state index >= 15 is 0 Å². The standard InChI is InChI=1S/C51H37N2O2.C19H24N.Ir/c1-29(2)40-25-35(46-27-34-14-7-10-19-45(34)54-46)26-41(30(3)4)48(40)53-49-37-16-9-6-13-32(37)22-23-44(49)52-51(53)39-18-11-17-38-43-24-33-21-20-31-12-5-8-15-36(31)42(33)28-47(43)55-50(38)39;1-13(2)16-12-20-18(11-17(16)19(4,5)6)15-9-7-14(3)8-10-15;/h5-17,19-30H,1-4H3;7-9,11-13H,1-6H3;/q2*-1;/i;3D3,13D;. The minimum atomic E-state index is -2.13. The van der Waals surface area contributed by atoms with Crippen LogP contribution in [-0.4, -0.2) is 14.5 Å². The van der Waals surface area contributed by atoms with Gasteiger partial charge in [-0.3, -0.25) is 4.98 Å². The van der Waals surface area contributed by atoms with Crippen LogP contribution in [0.5, 0.6) is 0 Å². The van der Waals surface area contributed by atoms with E-state index in [0.717, 1.165) is 100 Å². The van der Waals surface area contributed by atoms with E-state index in [-0.39, 0.29) is 42.9 Å². The van der Waals surface area contributed by atoms with E-state index in [1.54, 1.807) is 18.3 Å². The molecule has 0 N–H and O–H groups in total. The third-order valence-corrected chi connectivity index (χ3v) is 14.7. The summed E-state index contributed by atoms with van der Waals surface area (Å²) in [5.41, 5.74) is 13.7. The maximum Gasteiger partial charge on any atom is 0.135 e. The van der Waals surface area contributed by atoms with Crippen LogP contribution in [0.2, 0.25) is 0 Å². The molecule has 5 nitrogen and oxygen atoms in total. The van der Waals surface area contributed by atoms with Crippen molar-refractivity contribution in [3.8, 4) is 39.7 Å². The Bertz CT molecular complexity index is 4450. The van der Waals surface area contributed by atoms with Crippen LogP contribution in [0.4, 0.5) is 0 Å². The molecule has 0 spiro atoms. The van der Waals surface area contributed by atoms with E-state index in [4.69, 9.17) is 19.3 Å². The Kier molecular flexibility index (Phi) is 11.9. The van der Waals surface area contributed by atoms with Gasteiger partial charge in [-0.25, -0.2) is 0 Å². The van der Waals surface area contributed by atoms with E-state index < -0.39 is 12.7 Å². The summed E-state index contributed by atoms with van der Waals surface area (Å²) in [7, 11) is 0. The zero-order chi connectivity index (χ0) is 55.3. The molecule has 0 saturated heterocycles. The number of benzene rings is 9. The molecule has 0 bridgehead atoms. The average Bonchev–Trinajstić information content (AvgIpc) is 4.16. The van der Waals surface area contributed by atoms with Gasteiger partial charge >= 0.3 is 0 Å². The summed E-state index contributed by atoms with van der Waals surface area (Å²) in [5, 5.41) is 10.4. The Morgan fingerprint density at radius 2 is 1.29 bits per heavy atom. The Hall–Kier alpha value is -7.63. The molecule has 13 aromatic rings. The quantitative estimate of drug-likeness (QED) is 0.118. The van der Waals surface area contributed by atoms with Gasteiger partial charge in [0, 0.05) is 59.2 Å². The van der Waals surface area contributed by atoms with Gasteiger partial charge in [-0.05, 0) is 120 Å². The van der Waals surface area contributed by atoms with Crippen molar-refractivity contribution >= 4 is 76.3 Å². The number of hydrogen-bond donors (Lipinski definition) is 0. The topological polar surface area (TPSA) is 57.0 Å². The number of nitrogens with zero attached hydrogens (tertiary/aromatic N) is 3. The van der Waals surface area contributed by atoms with Crippen molar-refractivity contribution in [1.82, 2.24) is 14.5 Å². The van der Waals surface area contributed by atoms with Crippen LogP contribution in [0.3, 0.4) is 0 Å². The maximum atomic E-state index is 8.36. The first-order valence-electron chi connectivity index (χ1n) is 28.0. The van der Waals surface area contributed by atoms with E-state index in [9.17, 15) is 0 Å². The summed E-state index contributed by atoms with van der Waals surface area (Å²) in [4.78, 5) is 9.98. The Labute approximate surface area is 464 Å². The van der Waals surface area contributed by atoms with Crippen molar-refractivity contribution in [1.29, 1.82) is 0 Å². The van der Waals surface area contributed by atoms with E-state index in [2.05, 4.69) is 191 Å². The first-order chi connectivity index (χ1) is 37.7. The van der Waals surface area contributed by atoms with Crippen LogP contribution in [0.25, 0.3) is 116 Å². The van der Waals surface area contributed by atoms with Gasteiger partial charge in [0.1, 0.15) is 16.9 Å². The normalized spacial score (nSPS) is 13.1. The molecule has 13 rings (SSSR count). The summed E-state index contributed by atoms with van der Waals surface area (Å²) in [6.45, 7) is 17.1. The Balaban J connectivity index is 0.000000228. The van der Waals surface area contributed by atoms with E-state index in [1.165, 1.54) is 44.1 Å². The third-order valence-electron chi connectivity index (χ3n) is 14.7. The number of aryl methyl sites for hydroxylation is 1. The number of furan rings is 2. The van der Waals surface area contributed by atoms with Crippen LogP contribution in [0.15, 0.2) is 179 Å². The van der Waals surface area contributed by atoms with Gasteiger partial charge in [-0.1, -0.05) is 171 Å². The fourth-order valence-electron chi connectivity index (χ4n) is 10.9. The molecular formula is C70H61IrN3O2-2. The minimum absolute atomic E-state index is 0. The molecule has 0 atom stereocenters. The van der Waals surface area contributed by atoms with E-state index in [1.807, 2.05) is 38.1 Å². The molecular weight excluding hydrogens is 1110 g/mol. The molecule has 76 heavy (non-hydrogen) atoms. The molecule has 0 unspecified atom stereocenters. The molecule has 379 valence electrons. The summed E-state index contributed by atoms with van der Waals surface area (Å²) < 4.78 is 46.5. The van der Waals surface area contributed by atoms with Crippen molar-refractivity contribution in [2.45, 2.75) is 92.3 Å². The number of imidazole rings is 1. The number of hydrogen-bond acceptors (Lipinski definition) is 4. The zero-order valence-corrected chi connectivity index (χ0v) is 46.7. The van der Waals surface area contributed by atoms with Gasteiger partial charge < -0.3 is 18.4 Å². The average molecular weight is 1170 g/mol. The Morgan fingerprint density at radius 1 is 0.605 bits per heavy atom. The molecule has 0 amide bonds. The third kappa shape index (κ3) is 8.91. The summed E-state index contributed by atoms with van der Waals surface area (Å²) >= 11 is 0. The molecule has 6 heteroatoms. The first kappa shape index (κ1) is 45.7. The second-order valence-electron chi connectivity index (χ2n) is 21.8. The molecule has 4 heterocycles. The summed E-state index contributed by atoms with van der Waals surface area (Å²) in [6, 6.07) is 63.1. The number of para-hydroxylation sites is 1. The molecule has 0 fully saturated rings. The number of aromatic nitrogens is 3. The Morgan fingerprint density at radius 3 is 1.97 bits per heavy atom. The largest absolute Gasteiger partial charge is 0.501 e. The van der Waals surface area contributed by atoms with Gasteiger partial charge in [-0.15, -0.1) is 53.6 Å². The van der Waals surface area contributed by atoms with Gasteiger partial charge in [0.15, 0.2) is 0 Å². The maximum absolute atomic E-state index is 8.36. The van der Waals surface area contributed by atoms with Crippen molar-refractivity contribution in [3.63, 3.8) is 0 Å². The van der Waals surface area contributed by atoms with Gasteiger partial charge in [0.05, 0.1) is 22.4 Å². The fraction of sp³-hybridized carbons (Fsp3) is 0.200. The van der Waals surface area contributed by atoms with Crippen LogP contribution in [0.1, 0.15) is 113 Å². The molecule has 0 saturated carbocycles. The van der Waals surface area contributed by atoms with Crippen LogP contribution in [-0.2, 0) is 25.5 Å².